The first-order chi connectivity index (χ1) is 8.26. The molecule has 2 heterocycles. The molecule has 2 rings (SSSR count). The molecule has 1 N–H and O–H groups in total. The Bertz CT molecular complexity index is 664. The quantitative estimate of drug-likeness (QED) is 0.844. The first kappa shape index (κ1) is 12.3. The molecule has 96 valence electrons. The minimum absolute atomic E-state index is 0.0901. The summed E-state index contributed by atoms with van der Waals surface area (Å²) in [4.78, 5) is 18.4. The van der Waals surface area contributed by atoms with E-state index in [1.807, 2.05) is 0 Å². The van der Waals surface area contributed by atoms with Gasteiger partial charge in [-0.1, -0.05) is 0 Å². The molecule has 0 amide bonds. The van der Waals surface area contributed by atoms with E-state index in [9.17, 15) is 23.1 Å². The Morgan fingerprint density at radius 3 is 2.67 bits per heavy atom. The molecule has 0 spiro atoms. The second-order valence-corrected chi connectivity index (χ2v) is 3.66. The molecule has 0 bridgehead atoms. The Kier molecular flexibility index (Phi) is 2.72. The summed E-state index contributed by atoms with van der Waals surface area (Å²) >= 11 is 0. The monoisotopic (exact) mass is 260 g/mol. The highest BCUT2D eigenvalue weighted by atomic mass is 19.4. The molecule has 0 saturated heterocycles. The van der Waals surface area contributed by atoms with Crippen LogP contribution in [0.25, 0.3) is 11.1 Å². The van der Waals surface area contributed by atoms with Gasteiger partial charge >= 0.3 is 11.8 Å². The smallest absolute Gasteiger partial charge is 0.393 e. The molecule has 2 aromatic heterocycles. The standard InChI is InChI=1S/C10H7F3N2O3/c1-4-14-8(17)7-5(3-10(11,12)13)2-6(16)18-9(7)15-4/h2H,3H2,1H3,(H,14,15,17). The molecular weight excluding hydrogens is 253 g/mol. The van der Waals surface area contributed by atoms with Crippen molar-refractivity contribution >= 4 is 11.1 Å². The largest absolute Gasteiger partial charge is 0.493 e. The average molecular weight is 260 g/mol. The summed E-state index contributed by atoms with van der Waals surface area (Å²) in [5, 5.41) is 9.25. The summed E-state index contributed by atoms with van der Waals surface area (Å²) in [6.45, 7) is 1.41. The summed E-state index contributed by atoms with van der Waals surface area (Å²) in [7, 11) is 0. The minimum Gasteiger partial charge on any atom is -0.493 e. The van der Waals surface area contributed by atoms with E-state index in [-0.39, 0.29) is 16.9 Å². The van der Waals surface area contributed by atoms with Crippen LogP contribution in [0.4, 0.5) is 13.2 Å². The average Bonchev–Trinajstić information content (AvgIpc) is 2.11. The molecule has 0 fully saturated rings. The van der Waals surface area contributed by atoms with Gasteiger partial charge in [-0.25, -0.2) is 4.79 Å². The van der Waals surface area contributed by atoms with Crippen molar-refractivity contribution in [2.24, 2.45) is 0 Å². The van der Waals surface area contributed by atoms with E-state index >= 15 is 0 Å². The summed E-state index contributed by atoms with van der Waals surface area (Å²) in [6.07, 6.45) is -5.88. The zero-order valence-corrected chi connectivity index (χ0v) is 9.08. The Balaban J connectivity index is 2.76. The Hall–Kier alpha value is -2.12. The van der Waals surface area contributed by atoms with Crippen LogP contribution in [0.2, 0.25) is 0 Å². The van der Waals surface area contributed by atoms with Crippen molar-refractivity contribution in [3.05, 3.63) is 27.9 Å². The third-order valence-electron chi connectivity index (χ3n) is 2.17. The number of hydrogen-bond donors (Lipinski definition) is 1. The number of aromatic nitrogens is 2. The zero-order valence-electron chi connectivity index (χ0n) is 9.08. The second-order valence-electron chi connectivity index (χ2n) is 3.66. The van der Waals surface area contributed by atoms with Gasteiger partial charge in [0.2, 0.25) is 11.6 Å². The number of aryl methyl sites for hydroxylation is 1. The van der Waals surface area contributed by atoms with E-state index in [0.29, 0.717) is 6.07 Å². The number of hydrogen-bond acceptors (Lipinski definition) is 5. The zero-order chi connectivity index (χ0) is 13.5. The molecule has 18 heavy (non-hydrogen) atoms. The van der Waals surface area contributed by atoms with Crippen molar-refractivity contribution in [2.45, 2.75) is 19.5 Å². The first-order valence-electron chi connectivity index (χ1n) is 4.83. The molecule has 0 unspecified atom stereocenters. The van der Waals surface area contributed by atoms with Gasteiger partial charge in [-0.2, -0.15) is 23.1 Å². The Labute approximate surface area is 97.9 Å². The van der Waals surface area contributed by atoms with E-state index in [0.717, 1.165) is 0 Å². The minimum atomic E-state index is -4.52. The van der Waals surface area contributed by atoms with Gasteiger partial charge in [0.05, 0.1) is 6.42 Å². The number of halogens is 3. The van der Waals surface area contributed by atoms with Crippen molar-refractivity contribution in [3.8, 4) is 5.88 Å². The molecule has 0 saturated carbocycles. The van der Waals surface area contributed by atoms with Crippen LogP contribution in [0.1, 0.15) is 11.4 Å². The summed E-state index contributed by atoms with van der Waals surface area (Å²) in [6, 6.07) is 0.675. The predicted octanol–water partition coefficient (Wildman–Crippen LogP) is 1.70. The topological polar surface area (TPSA) is 76.2 Å². The lowest BCUT2D eigenvalue weighted by Gasteiger charge is -2.08. The van der Waals surface area contributed by atoms with Crippen LogP contribution in [0.15, 0.2) is 15.3 Å². The van der Waals surface area contributed by atoms with Gasteiger partial charge in [0.25, 0.3) is 0 Å². The molecule has 0 radical (unpaired) electrons. The maximum atomic E-state index is 12.4. The van der Waals surface area contributed by atoms with Crippen LogP contribution in [0.5, 0.6) is 5.88 Å². The maximum Gasteiger partial charge on any atom is 0.393 e. The number of alkyl halides is 3. The molecule has 8 heteroatoms. The van der Waals surface area contributed by atoms with Crippen molar-refractivity contribution in [1.82, 2.24) is 9.97 Å². The van der Waals surface area contributed by atoms with Crippen molar-refractivity contribution < 1.29 is 22.7 Å². The van der Waals surface area contributed by atoms with Crippen LogP contribution in [-0.2, 0) is 6.42 Å². The third kappa shape index (κ3) is 2.41. The van der Waals surface area contributed by atoms with E-state index in [1.54, 1.807) is 0 Å². The van der Waals surface area contributed by atoms with Gasteiger partial charge in [0, 0.05) is 6.07 Å². The van der Waals surface area contributed by atoms with Crippen molar-refractivity contribution in [2.75, 3.05) is 0 Å². The highest BCUT2D eigenvalue weighted by Crippen LogP contribution is 2.29. The number of rotatable bonds is 1. The lowest BCUT2D eigenvalue weighted by atomic mass is 10.1. The number of nitrogens with zero attached hydrogens (tertiary/aromatic N) is 2. The maximum absolute atomic E-state index is 12.4. The van der Waals surface area contributed by atoms with E-state index < -0.39 is 29.7 Å². The van der Waals surface area contributed by atoms with Gasteiger partial charge in [-0.05, 0) is 12.5 Å². The van der Waals surface area contributed by atoms with E-state index in [2.05, 4.69) is 14.4 Å². The van der Waals surface area contributed by atoms with Gasteiger partial charge < -0.3 is 9.52 Å². The lowest BCUT2D eigenvalue weighted by Crippen LogP contribution is -2.14. The highest BCUT2D eigenvalue weighted by molar-refractivity contribution is 5.82. The molecule has 0 aromatic carbocycles. The number of fused-ring (bicyclic) bond motifs is 1. The number of aromatic hydroxyl groups is 1. The third-order valence-corrected chi connectivity index (χ3v) is 2.17. The predicted molar refractivity (Wildman–Crippen MR) is 54.2 cm³/mol. The van der Waals surface area contributed by atoms with E-state index in [1.165, 1.54) is 6.92 Å². The summed E-state index contributed by atoms with van der Waals surface area (Å²) in [5.41, 5.74) is -1.72. The molecule has 0 aliphatic carbocycles. The van der Waals surface area contributed by atoms with Gasteiger partial charge in [-0.15, -0.1) is 0 Å². The van der Waals surface area contributed by atoms with Gasteiger partial charge in [0.15, 0.2) is 0 Å². The second kappa shape index (κ2) is 3.97. The Morgan fingerprint density at radius 2 is 2.06 bits per heavy atom. The molecule has 0 aliphatic rings. The molecular formula is C10H7F3N2O3. The molecule has 0 aliphatic heterocycles. The SMILES string of the molecule is Cc1nc(O)c2c(CC(F)(F)F)cc(=O)oc2n1. The normalized spacial score (nSPS) is 12.0. The fourth-order valence-electron chi connectivity index (χ4n) is 1.58. The fourth-order valence-corrected chi connectivity index (χ4v) is 1.58. The van der Waals surface area contributed by atoms with Crippen molar-refractivity contribution in [1.29, 1.82) is 0 Å². The fraction of sp³-hybridized carbons (Fsp3) is 0.300. The van der Waals surface area contributed by atoms with Crippen LogP contribution in [0.3, 0.4) is 0 Å². The molecule has 0 atom stereocenters. The van der Waals surface area contributed by atoms with Gasteiger partial charge in [-0.3, -0.25) is 0 Å². The molecule has 2 aromatic rings. The summed E-state index contributed by atoms with van der Waals surface area (Å²) < 4.78 is 41.7. The first-order valence-corrected chi connectivity index (χ1v) is 4.83. The summed E-state index contributed by atoms with van der Waals surface area (Å²) in [5.74, 6) is -0.548. The van der Waals surface area contributed by atoms with Crippen molar-refractivity contribution in [3.63, 3.8) is 0 Å². The molecule has 5 nitrogen and oxygen atoms in total. The van der Waals surface area contributed by atoms with E-state index in [4.69, 9.17) is 0 Å². The lowest BCUT2D eigenvalue weighted by molar-refractivity contribution is -0.127. The van der Waals surface area contributed by atoms with Gasteiger partial charge in [0.1, 0.15) is 11.2 Å². The van der Waals surface area contributed by atoms with Crippen LogP contribution in [0, 0.1) is 6.92 Å². The van der Waals surface area contributed by atoms with Crippen LogP contribution < -0.4 is 5.63 Å². The van der Waals surface area contributed by atoms with Crippen LogP contribution >= 0.6 is 0 Å². The Morgan fingerprint density at radius 1 is 1.39 bits per heavy atom. The highest BCUT2D eigenvalue weighted by Gasteiger charge is 2.30. The van der Waals surface area contributed by atoms with Crippen LogP contribution in [-0.4, -0.2) is 21.3 Å².